The Balaban J connectivity index is 1.46. The van der Waals surface area contributed by atoms with Crippen LogP contribution < -0.4 is 0 Å². The number of halogens is 1. The van der Waals surface area contributed by atoms with Crippen molar-refractivity contribution in [2.45, 2.75) is 25.3 Å². The summed E-state index contributed by atoms with van der Waals surface area (Å²) in [4.78, 5) is 28.8. The van der Waals surface area contributed by atoms with Gasteiger partial charge in [-0.2, -0.15) is 0 Å². The Kier molecular flexibility index (Phi) is 4.45. The van der Waals surface area contributed by atoms with E-state index in [9.17, 15) is 14.0 Å². The molecule has 0 aliphatic carbocycles. The monoisotopic (exact) mass is 352 g/mol. The zero-order valence-corrected chi connectivity index (χ0v) is 14.5. The standard InChI is InChI=1S/C21H21FN2O2/c22-17-8-5-15(6-9-17)7-10-20(25)23-13-19-18-4-2-1-3-16(18)11-12-24(19)21(26)14-23/h1-6,8-9,19H,7,10-14H2. The fraction of sp³-hybridized carbons (Fsp3) is 0.333. The number of benzene rings is 2. The molecule has 2 heterocycles. The summed E-state index contributed by atoms with van der Waals surface area (Å²) in [5.74, 6) is -0.283. The zero-order chi connectivity index (χ0) is 18.1. The third-order valence-electron chi connectivity index (χ3n) is 5.35. The van der Waals surface area contributed by atoms with Gasteiger partial charge in [-0.05, 0) is 41.7 Å². The molecule has 2 aliphatic heterocycles. The molecule has 1 atom stereocenters. The molecule has 2 amide bonds. The molecule has 0 aromatic heterocycles. The number of hydrogen-bond donors (Lipinski definition) is 0. The Hall–Kier alpha value is -2.69. The van der Waals surface area contributed by atoms with Crippen molar-refractivity contribution in [3.63, 3.8) is 0 Å². The van der Waals surface area contributed by atoms with E-state index in [-0.39, 0.29) is 30.2 Å². The lowest BCUT2D eigenvalue weighted by molar-refractivity contribution is -0.149. The maximum atomic E-state index is 13.0. The first-order valence-electron chi connectivity index (χ1n) is 9.01. The van der Waals surface area contributed by atoms with E-state index in [1.807, 2.05) is 17.0 Å². The van der Waals surface area contributed by atoms with Crippen LogP contribution in [0, 0.1) is 5.82 Å². The summed E-state index contributed by atoms with van der Waals surface area (Å²) in [6.45, 7) is 1.42. The van der Waals surface area contributed by atoms with Crippen LogP contribution in [0.3, 0.4) is 0 Å². The molecule has 5 heteroatoms. The van der Waals surface area contributed by atoms with Gasteiger partial charge in [-0.25, -0.2) is 4.39 Å². The maximum absolute atomic E-state index is 13.0. The van der Waals surface area contributed by atoms with Crippen LogP contribution in [0.25, 0.3) is 0 Å². The highest BCUT2D eigenvalue weighted by Crippen LogP contribution is 2.33. The maximum Gasteiger partial charge on any atom is 0.242 e. The van der Waals surface area contributed by atoms with Gasteiger partial charge in [-0.15, -0.1) is 0 Å². The van der Waals surface area contributed by atoms with E-state index in [1.54, 1.807) is 17.0 Å². The molecule has 0 N–H and O–H groups in total. The number of carbonyl (C=O) groups is 2. The van der Waals surface area contributed by atoms with E-state index in [4.69, 9.17) is 0 Å². The average molecular weight is 352 g/mol. The van der Waals surface area contributed by atoms with Gasteiger partial charge in [0.25, 0.3) is 0 Å². The third-order valence-corrected chi connectivity index (χ3v) is 5.35. The molecule has 0 bridgehead atoms. The summed E-state index contributed by atoms with van der Waals surface area (Å²) in [6.07, 6.45) is 1.75. The van der Waals surface area contributed by atoms with Gasteiger partial charge in [0.15, 0.2) is 0 Å². The first kappa shape index (κ1) is 16.8. The average Bonchev–Trinajstić information content (AvgIpc) is 2.67. The number of fused-ring (bicyclic) bond motifs is 3. The Bertz CT molecular complexity index is 834. The fourth-order valence-electron chi connectivity index (χ4n) is 3.92. The molecule has 0 saturated carbocycles. The molecule has 134 valence electrons. The Morgan fingerprint density at radius 1 is 1.12 bits per heavy atom. The Morgan fingerprint density at radius 3 is 2.69 bits per heavy atom. The van der Waals surface area contributed by atoms with Gasteiger partial charge in [-0.3, -0.25) is 9.59 Å². The normalized spacial score (nSPS) is 19.1. The van der Waals surface area contributed by atoms with Crippen LogP contribution in [0.4, 0.5) is 4.39 Å². The molecule has 0 spiro atoms. The highest BCUT2D eigenvalue weighted by molar-refractivity contribution is 5.87. The summed E-state index contributed by atoms with van der Waals surface area (Å²) in [6, 6.07) is 14.3. The summed E-state index contributed by atoms with van der Waals surface area (Å²) in [5.41, 5.74) is 3.35. The third kappa shape index (κ3) is 3.21. The molecule has 1 saturated heterocycles. The molecule has 1 fully saturated rings. The van der Waals surface area contributed by atoms with Crippen molar-refractivity contribution in [3.8, 4) is 0 Å². The van der Waals surface area contributed by atoms with Gasteiger partial charge in [-0.1, -0.05) is 36.4 Å². The highest BCUT2D eigenvalue weighted by atomic mass is 19.1. The van der Waals surface area contributed by atoms with Gasteiger partial charge in [0.2, 0.25) is 11.8 Å². The lowest BCUT2D eigenvalue weighted by Gasteiger charge is -2.44. The zero-order valence-electron chi connectivity index (χ0n) is 14.5. The quantitative estimate of drug-likeness (QED) is 0.852. The smallest absolute Gasteiger partial charge is 0.242 e. The van der Waals surface area contributed by atoms with Crippen molar-refractivity contribution in [1.29, 1.82) is 0 Å². The molecular weight excluding hydrogens is 331 g/mol. The van der Waals surface area contributed by atoms with E-state index < -0.39 is 0 Å². The van der Waals surface area contributed by atoms with E-state index in [0.717, 1.165) is 24.1 Å². The highest BCUT2D eigenvalue weighted by Gasteiger charge is 2.38. The van der Waals surface area contributed by atoms with Gasteiger partial charge in [0, 0.05) is 19.5 Å². The minimum absolute atomic E-state index is 0.0193. The molecule has 4 nitrogen and oxygen atoms in total. The fourth-order valence-corrected chi connectivity index (χ4v) is 3.92. The van der Waals surface area contributed by atoms with Gasteiger partial charge >= 0.3 is 0 Å². The second-order valence-electron chi connectivity index (χ2n) is 6.95. The first-order chi connectivity index (χ1) is 12.6. The van der Waals surface area contributed by atoms with Crippen LogP contribution in [0.2, 0.25) is 0 Å². The van der Waals surface area contributed by atoms with Crippen molar-refractivity contribution >= 4 is 11.8 Å². The SMILES string of the molecule is O=C(CCc1ccc(F)cc1)N1CC(=O)N2CCc3ccccc3C2C1. The summed E-state index contributed by atoms with van der Waals surface area (Å²) in [5, 5.41) is 0. The number of rotatable bonds is 3. The van der Waals surface area contributed by atoms with E-state index in [1.165, 1.54) is 17.7 Å². The molecule has 0 radical (unpaired) electrons. The molecule has 26 heavy (non-hydrogen) atoms. The molecule has 1 unspecified atom stereocenters. The number of piperazine rings is 1. The van der Waals surface area contributed by atoms with Crippen molar-refractivity contribution in [1.82, 2.24) is 9.80 Å². The molecular formula is C21H21FN2O2. The predicted molar refractivity (Wildman–Crippen MR) is 95.9 cm³/mol. The number of carbonyl (C=O) groups excluding carboxylic acids is 2. The second kappa shape index (κ2) is 6.90. The number of nitrogens with zero attached hydrogens (tertiary/aromatic N) is 2. The largest absolute Gasteiger partial charge is 0.332 e. The Morgan fingerprint density at radius 2 is 1.88 bits per heavy atom. The summed E-state index contributed by atoms with van der Waals surface area (Å²) in [7, 11) is 0. The minimum Gasteiger partial charge on any atom is -0.332 e. The van der Waals surface area contributed by atoms with Crippen molar-refractivity contribution < 1.29 is 14.0 Å². The number of amides is 2. The topological polar surface area (TPSA) is 40.6 Å². The van der Waals surface area contributed by atoms with Crippen LogP contribution in [0.5, 0.6) is 0 Å². The molecule has 4 rings (SSSR count). The van der Waals surface area contributed by atoms with Crippen LogP contribution in [0.1, 0.15) is 29.2 Å². The van der Waals surface area contributed by atoms with Crippen LogP contribution >= 0.6 is 0 Å². The van der Waals surface area contributed by atoms with E-state index >= 15 is 0 Å². The summed E-state index contributed by atoms with van der Waals surface area (Å²) >= 11 is 0. The minimum atomic E-state index is -0.280. The van der Waals surface area contributed by atoms with Crippen LogP contribution in [0.15, 0.2) is 48.5 Å². The second-order valence-corrected chi connectivity index (χ2v) is 6.95. The lowest BCUT2D eigenvalue weighted by atomic mass is 9.90. The van der Waals surface area contributed by atoms with E-state index in [0.29, 0.717) is 19.4 Å². The molecule has 2 aromatic rings. The van der Waals surface area contributed by atoms with Crippen molar-refractivity contribution in [3.05, 3.63) is 71.0 Å². The van der Waals surface area contributed by atoms with Crippen molar-refractivity contribution in [2.75, 3.05) is 19.6 Å². The molecule has 2 aromatic carbocycles. The predicted octanol–water partition coefficient (Wildman–Crippen LogP) is 2.73. The first-order valence-corrected chi connectivity index (χ1v) is 9.01. The number of aryl methyl sites for hydroxylation is 1. The van der Waals surface area contributed by atoms with Crippen LogP contribution in [-0.4, -0.2) is 41.2 Å². The lowest BCUT2D eigenvalue weighted by Crippen LogP contribution is -2.55. The van der Waals surface area contributed by atoms with Crippen molar-refractivity contribution in [2.24, 2.45) is 0 Å². The van der Waals surface area contributed by atoms with Crippen LogP contribution in [-0.2, 0) is 22.4 Å². The van der Waals surface area contributed by atoms with Gasteiger partial charge in [0.05, 0.1) is 12.6 Å². The summed E-state index contributed by atoms with van der Waals surface area (Å²) < 4.78 is 13.0. The van der Waals surface area contributed by atoms with Gasteiger partial charge < -0.3 is 9.80 Å². The van der Waals surface area contributed by atoms with Gasteiger partial charge in [0.1, 0.15) is 5.82 Å². The van der Waals surface area contributed by atoms with E-state index in [2.05, 4.69) is 12.1 Å². The number of hydrogen-bond acceptors (Lipinski definition) is 2. The molecule has 2 aliphatic rings. The Labute approximate surface area is 152 Å².